The minimum Gasteiger partial charge on any atom is -0.0622 e. The first-order valence-corrected chi connectivity index (χ1v) is 24.3. The minimum absolute atomic E-state index is 0.0358. The topological polar surface area (TPSA) is 0 Å². The Labute approximate surface area is 401 Å². The summed E-state index contributed by atoms with van der Waals surface area (Å²) in [5.74, 6) is 0. The Hall–Kier alpha value is -7.80. The molecule has 0 amide bonds. The SMILES string of the molecule is Cc1ccc2c(c1)C(c1ccccc1)(c1cccc(-c3ccc4c(c3)-c3cccc(C)c3C4(c3ccccc3)c3cccc(Cc4cccc5c4-c4ccccc4C5(C)C)c3)c1)c1ccccc1-2. The van der Waals surface area contributed by atoms with Gasteiger partial charge in [0.05, 0.1) is 10.8 Å². The second-order valence-corrected chi connectivity index (χ2v) is 20.1. The lowest BCUT2D eigenvalue weighted by atomic mass is 9.66. The largest absolute Gasteiger partial charge is 0.0716 e. The maximum absolute atomic E-state index is 2.52. The Morgan fingerprint density at radius 3 is 1.71 bits per heavy atom. The highest BCUT2D eigenvalue weighted by Crippen LogP contribution is 2.60. The predicted octanol–water partition coefficient (Wildman–Crippen LogP) is 16.6. The van der Waals surface area contributed by atoms with Crippen LogP contribution in [0.5, 0.6) is 0 Å². The molecule has 0 saturated carbocycles. The summed E-state index contributed by atoms with van der Waals surface area (Å²) in [6.07, 6.45) is 0.855. The molecule has 2 atom stereocenters. The van der Waals surface area contributed by atoms with E-state index in [-0.39, 0.29) is 5.41 Å². The number of hydrogen-bond donors (Lipinski definition) is 0. The molecule has 0 N–H and O–H groups in total. The van der Waals surface area contributed by atoms with Gasteiger partial charge < -0.3 is 0 Å². The lowest BCUT2D eigenvalue weighted by Crippen LogP contribution is -2.29. The summed E-state index contributed by atoms with van der Waals surface area (Å²) in [6.45, 7) is 9.28. The van der Waals surface area contributed by atoms with E-state index in [4.69, 9.17) is 0 Å². The van der Waals surface area contributed by atoms with Crippen molar-refractivity contribution in [3.8, 4) is 44.5 Å². The van der Waals surface area contributed by atoms with Gasteiger partial charge in [-0.2, -0.15) is 0 Å². The van der Waals surface area contributed by atoms with Crippen molar-refractivity contribution in [2.45, 2.75) is 50.4 Å². The van der Waals surface area contributed by atoms with Crippen LogP contribution in [0.1, 0.15) is 91.7 Å². The number of hydrogen-bond acceptors (Lipinski definition) is 0. The standard InChI is InChI=1S/C68H52/c1-44-35-37-55-54-29-11-14-33-60(54)67(63(55)39-44,50-23-7-5-8-24-50)53-28-17-21-47(42-53)48-36-38-61-58(43-48)56-31-15-19-45(2)65(56)68(61,51-25-9-6-10-26-51)52-27-16-20-46(41-52)40-49-22-18-34-62-64(49)57-30-12-13-32-59(57)66(62,3)4/h5-39,41-43H,40H2,1-4H3. The van der Waals surface area contributed by atoms with E-state index in [2.05, 4.69) is 258 Å². The van der Waals surface area contributed by atoms with E-state index < -0.39 is 10.8 Å². The molecule has 0 saturated heterocycles. The summed E-state index contributed by atoms with van der Waals surface area (Å²) >= 11 is 0. The Morgan fingerprint density at radius 1 is 0.338 bits per heavy atom. The summed E-state index contributed by atoms with van der Waals surface area (Å²) in [5, 5.41) is 0. The van der Waals surface area contributed by atoms with Gasteiger partial charge in [-0.25, -0.2) is 0 Å². The van der Waals surface area contributed by atoms with Crippen LogP contribution in [0.3, 0.4) is 0 Å². The first-order chi connectivity index (χ1) is 33.3. The molecule has 3 aliphatic carbocycles. The summed E-state index contributed by atoms with van der Waals surface area (Å²) in [4.78, 5) is 0. The molecular formula is C68H52. The average Bonchev–Trinajstić information content (AvgIpc) is 3.94. The second-order valence-electron chi connectivity index (χ2n) is 20.1. The van der Waals surface area contributed by atoms with E-state index in [1.165, 1.54) is 122 Å². The predicted molar refractivity (Wildman–Crippen MR) is 283 cm³/mol. The van der Waals surface area contributed by atoms with Crippen molar-refractivity contribution in [2.24, 2.45) is 0 Å². The normalized spacial score (nSPS) is 17.7. The van der Waals surface area contributed by atoms with Gasteiger partial charge in [0.25, 0.3) is 0 Å². The van der Waals surface area contributed by atoms with Crippen molar-refractivity contribution in [2.75, 3.05) is 0 Å². The lowest BCUT2D eigenvalue weighted by molar-refractivity contribution is 0.660. The maximum Gasteiger partial charge on any atom is 0.0716 e. The van der Waals surface area contributed by atoms with Crippen LogP contribution in [-0.2, 0) is 22.7 Å². The Morgan fingerprint density at radius 2 is 0.912 bits per heavy atom. The third-order valence-electron chi connectivity index (χ3n) is 16.1. The molecule has 68 heavy (non-hydrogen) atoms. The zero-order valence-electron chi connectivity index (χ0n) is 39.1. The van der Waals surface area contributed by atoms with Gasteiger partial charge >= 0.3 is 0 Å². The third-order valence-corrected chi connectivity index (χ3v) is 16.1. The fourth-order valence-corrected chi connectivity index (χ4v) is 13.2. The van der Waals surface area contributed by atoms with E-state index in [1.54, 1.807) is 0 Å². The maximum atomic E-state index is 2.52. The van der Waals surface area contributed by atoms with Crippen LogP contribution in [0.4, 0.5) is 0 Å². The van der Waals surface area contributed by atoms with Gasteiger partial charge in [-0.3, -0.25) is 0 Å². The first kappa shape index (κ1) is 40.5. The summed E-state index contributed by atoms with van der Waals surface area (Å²) in [7, 11) is 0. The van der Waals surface area contributed by atoms with Crippen LogP contribution in [0, 0.1) is 13.8 Å². The molecule has 0 fully saturated rings. The lowest BCUT2D eigenvalue weighted by Gasteiger charge is -2.35. The highest BCUT2D eigenvalue weighted by Gasteiger charge is 2.48. The molecule has 0 nitrogen and oxygen atoms in total. The van der Waals surface area contributed by atoms with E-state index >= 15 is 0 Å². The summed E-state index contributed by atoms with van der Waals surface area (Å²) in [5.41, 5.74) is 28.1. The van der Waals surface area contributed by atoms with Gasteiger partial charge in [0.15, 0.2) is 0 Å². The quantitative estimate of drug-likeness (QED) is 0.150. The van der Waals surface area contributed by atoms with Gasteiger partial charge in [-0.15, -0.1) is 0 Å². The molecule has 0 aliphatic heterocycles. The monoisotopic (exact) mass is 868 g/mol. The molecule has 0 bridgehead atoms. The molecular weight excluding hydrogens is 817 g/mol. The van der Waals surface area contributed by atoms with Crippen molar-refractivity contribution in [1.29, 1.82) is 0 Å². The molecule has 0 spiro atoms. The summed E-state index contributed by atoms with van der Waals surface area (Å²) < 4.78 is 0. The second kappa shape index (κ2) is 15.1. The van der Waals surface area contributed by atoms with Crippen molar-refractivity contribution in [3.63, 3.8) is 0 Å². The molecule has 13 rings (SSSR count). The molecule has 324 valence electrons. The number of rotatable bonds is 7. The van der Waals surface area contributed by atoms with Gasteiger partial charge in [0, 0.05) is 5.41 Å². The highest BCUT2D eigenvalue weighted by molar-refractivity contribution is 5.91. The van der Waals surface area contributed by atoms with Crippen molar-refractivity contribution in [1.82, 2.24) is 0 Å². The molecule has 0 heterocycles. The molecule has 2 unspecified atom stereocenters. The van der Waals surface area contributed by atoms with Crippen LogP contribution < -0.4 is 0 Å². The van der Waals surface area contributed by atoms with E-state index in [0.29, 0.717) is 0 Å². The third kappa shape index (κ3) is 5.61. The number of aryl methyl sites for hydroxylation is 2. The zero-order valence-corrected chi connectivity index (χ0v) is 39.1. The number of benzene rings is 10. The van der Waals surface area contributed by atoms with Gasteiger partial charge in [0.2, 0.25) is 0 Å². The van der Waals surface area contributed by atoms with Crippen LogP contribution in [0.25, 0.3) is 44.5 Å². The molecule has 0 aromatic heterocycles. The Kier molecular flexibility index (Phi) is 8.99. The molecule has 10 aromatic carbocycles. The molecule has 3 aliphatic rings. The molecule has 0 heteroatoms. The smallest absolute Gasteiger partial charge is 0.0622 e. The number of fused-ring (bicyclic) bond motifs is 9. The van der Waals surface area contributed by atoms with Crippen LogP contribution in [0.2, 0.25) is 0 Å². The molecule has 10 aromatic rings. The molecule has 0 radical (unpaired) electrons. The fraction of sp³-hybridized carbons (Fsp3) is 0.118. The van der Waals surface area contributed by atoms with Crippen molar-refractivity contribution >= 4 is 0 Å². The van der Waals surface area contributed by atoms with E-state index in [1.807, 2.05) is 0 Å². The minimum atomic E-state index is -0.520. The van der Waals surface area contributed by atoms with Crippen LogP contribution in [-0.4, -0.2) is 0 Å². The average molecular weight is 869 g/mol. The van der Waals surface area contributed by atoms with Crippen molar-refractivity contribution < 1.29 is 0 Å². The van der Waals surface area contributed by atoms with Crippen LogP contribution in [0.15, 0.2) is 231 Å². The fourth-order valence-electron chi connectivity index (χ4n) is 13.2. The van der Waals surface area contributed by atoms with Gasteiger partial charge in [-0.1, -0.05) is 238 Å². The highest BCUT2D eigenvalue weighted by atomic mass is 14.5. The van der Waals surface area contributed by atoms with Crippen LogP contribution >= 0.6 is 0 Å². The Bertz CT molecular complexity index is 3640. The zero-order chi connectivity index (χ0) is 45.8. The van der Waals surface area contributed by atoms with E-state index in [9.17, 15) is 0 Å². The first-order valence-electron chi connectivity index (χ1n) is 24.3. The van der Waals surface area contributed by atoms with Gasteiger partial charge in [-0.05, 0) is 149 Å². The van der Waals surface area contributed by atoms with Gasteiger partial charge in [0.1, 0.15) is 0 Å². The van der Waals surface area contributed by atoms with Crippen molar-refractivity contribution in [3.05, 3.63) is 308 Å². The van der Waals surface area contributed by atoms with E-state index in [0.717, 1.165) is 6.42 Å². The Balaban J connectivity index is 0.985. The summed E-state index contributed by atoms with van der Waals surface area (Å²) in [6, 6.07) is 87.7.